The summed E-state index contributed by atoms with van der Waals surface area (Å²) in [5.41, 5.74) is -4.00. The summed E-state index contributed by atoms with van der Waals surface area (Å²) in [6, 6.07) is 1.48. The summed E-state index contributed by atoms with van der Waals surface area (Å²) >= 11 is 0. The van der Waals surface area contributed by atoms with Crippen LogP contribution in [0.4, 0.5) is 26.3 Å². The van der Waals surface area contributed by atoms with E-state index in [2.05, 4.69) is 4.74 Å². The molecule has 1 aromatic carbocycles. The smallest absolute Gasteiger partial charge is 0.420 e. The Bertz CT molecular complexity index is 497. The third-order valence-electron chi connectivity index (χ3n) is 2.05. The summed E-state index contributed by atoms with van der Waals surface area (Å²) in [5, 5.41) is 8.57. The van der Waals surface area contributed by atoms with Crippen molar-refractivity contribution < 1.29 is 31.1 Å². The van der Waals surface area contributed by atoms with Crippen LogP contribution < -0.4 is 4.74 Å². The van der Waals surface area contributed by atoms with Crippen molar-refractivity contribution in [1.29, 1.82) is 5.26 Å². The Kier molecular flexibility index (Phi) is 3.46. The SMILES string of the molecule is COc1c(C#N)cc(C(F)(F)F)cc1C(F)(F)F. The highest BCUT2D eigenvalue weighted by molar-refractivity contribution is 5.52. The van der Waals surface area contributed by atoms with Crippen molar-refractivity contribution in [2.45, 2.75) is 12.4 Å². The lowest BCUT2D eigenvalue weighted by Crippen LogP contribution is -2.13. The second kappa shape index (κ2) is 4.40. The fourth-order valence-corrected chi connectivity index (χ4v) is 1.31. The number of methoxy groups -OCH3 is 1. The van der Waals surface area contributed by atoms with Gasteiger partial charge < -0.3 is 4.74 Å². The molecular weight excluding hydrogens is 264 g/mol. The Morgan fingerprint density at radius 1 is 1.06 bits per heavy atom. The van der Waals surface area contributed by atoms with Crippen molar-refractivity contribution in [2.24, 2.45) is 0 Å². The van der Waals surface area contributed by atoms with Crippen molar-refractivity contribution in [2.75, 3.05) is 7.11 Å². The summed E-state index contributed by atoms with van der Waals surface area (Å²) in [6.07, 6.45) is -10.0. The van der Waals surface area contributed by atoms with Crippen molar-refractivity contribution in [3.05, 3.63) is 28.8 Å². The number of rotatable bonds is 1. The van der Waals surface area contributed by atoms with Crippen LogP contribution in [0.5, 0.6) is 5.75 Å². The molecule has 0 heterocycles. The molecule has 0 fully saturated rings. The molecule has 0 aromatic heterocycles. The van der Waals surface area contributed by atoms with E-state index in [0.29, 0.717) is 6.07 Å². The van der Waals surface area contributed by atoms with Crippen LogP contribution in [-0.2, 0) is 12.4 Å². The van der Waals surface area contributed by atoms with E-state index < -0.39 is 34.8 Å². The number of benzene rings is 1. The predicted molar refractivity (Wildman–Crippen MR) is 47.7 cm³/mol. The molecule has 0 aliphatic carbocycles. The maximum absolute atomic E-state index is 12.6. The molecule has 18 heavy (non-hydrogen) atoms. The highest BCUT2D eigenvalue weighted by Gasteiger charge is 2.40. The van der Waals surface area contributed by atoms with E-state index in [1.165, 1.54) is 6.07 Å². The first-order chi connectivity index (χ1) is 8.11. The molecule has 0 saturated carbocycles. The zero-order valence-electron chi connectivity index (χ0n) is 8.78. The van der Waals surface area contributed by atoms with Crippen molar-refractivity contribution in [1.82, 2.24) is 0 Å². The molecule has 0 saturated heterocycles. The molecule has 0 aliphatic heterocycles. The summed E-state index contributed by atoms with van der Waals surface area (Å²) < 4.78 is 79.2. The number of alkyl halides is 6. The van der Waals surface area contributed by atoms with Gasteiger partial charge in [-0.15, -0.1) is 0 Å². The topological polar surface area (TPSA) is 33.0 Å². The third-order valence-corrected chi connectivity index (χ3v) is 2.05. The van der Waals surface area contributed by atoms with Gasteiger partial charge in [0, 0.05) is 0 Å². The van der Waals surface area contributed by atoms with Crippen LogP contribution in [-0.4, -0.2) is 7.11 Å². The minimum absolute atomic E-state index is 0.0837. The molecular formula is C10H5F6NO. The van der Waals surface area contributed by atoms with Crippen molar-refractivity contribution in [3.63, 3.8) is 0 Å². The van der Waals surface area contributed by atoms with Gasteiger partial charge in [0.1, 0.15) is 11.8 Å². The Morgan fingerprint density at radius 2 is 1.61 bits per heavy atom. The highest BCUT2D eigenvalue weighted by Crippen LogP contribution is 2.42. The van der Waals surface area contributed by atoms with Gasteiger partial charge in [-0.3, -0.25) is 0 Å². The molecule has 0 spiro atoms. The summed E-state index contributed by atoms with van der Waals surface area (Å²) in [6.45, 7) is 0. The van der Waals surface area contributed by atoms with Crippen LogP contribution in [0.1, 0.15) is 16.7 Å². The maximum atomic E-state index is 12.6. The average molecular weight is 269 g/mol. The lowest BCUT2D eigenvalue weighted by molar-refractivity contribution is -0.143. The number of halogens is 6. The fraction of sp³-hybridized carbons (Fsp3) is 0.300. The van der Waals surface area contributed by atoms with Gasteiger partial charge in [-0.2, -0.15) is 31.6 Å². The van der Waals surface area contributed by atoms with E-state index in [1.54, 1.807) is 0 Å². The molecule has 0 N–H and O–H groups in total. The quantitative estimate of drug-likeness (QED) is 0.730. The Hall–Kier alpha value is -1.91. The predicted octanol–water partition coefficient (Wildman–Crippen LogP) is 3.60. The first-order valence-electron chi connectivity index (χ1n) is 4.37. The lowest BCUT2D eigenvalue weighted by atomic mass is 10.0. The fourth-order valence-electron chi connectivity index (χ4n) is 1.31. The molecule has 2 nitrogen and oxygen atoms in total. The number of ether oxygens (including phenoxy) is 1. The molecule has 0 bridgehead atoms. The van der Waals surface area contributed by atoms with Crippen molar-refractivity contribution in [3.8, 4) is 11.8 Å². The van der Waals surface area contributed by atoms with E-state index in [9.17, 15) is 26.3 Å². The van der Waals surface area contributed by atoms with E-state index in [0.717, 1.165) is 7.11 Å². The molecule has 98 valence electrons. The molecule has 1 aromatic rings. The Morgan fingerprint density at radius 3 is 1.94 bits per heavy atom. The zero-order valence-corrected chi connectivity index (χ0v) is 8.78. The minimum atomic E-state index is -5.04. The highest BCUT2D eigenvalue weighted by atomic mass is 19.4. The van der Waals surface area contributed by atoms with Gasteiger partial charge in [0.25, 0.3) is 0 Å². The van der Waals surface area contributed by atoms with E-state index in [-0.39, 0.29) is 6.07 Å². The summed E-state index contributed by atoms with van der Waals surface area (Å²) in [5.74, 6) is -0.919. The maximum Gasteiger partial charge on any atom is 0.420 e. The lowest BCUT2D eigenvalue weighted by Gasteiger charge is -2.16. The normalized spacial score (nSPS) is 12.1. The number of nitriles is 1. The van der Waals surface area contributed by atoms with Crippen LogP contribution in [0.3, 0.4) is 0 Å². The van der Waals surface area contributed by atoms with Gasteiger partial charge in [0.05, 0.1) is 23.8 Å². The second-order valence-corrected chi connectivity index (χ2v) is 3.21. The third kappa shape index (κ3) is 2.67. The zero-order chi connectivity index (χ0) is 14.1. The molecule has 0 aliphatic rings. The number of hydrogen-bond donors (Lipinski definition) is 0. The van der Waals surface area contributed by atoms with Crippen LogP contribution >= 0.6 is 0 Å². The van der Waals surface area contributed by atoms with E-state index >= 15 is 0 Å². The van der Waals surface area contributed by atoms with Crippen LogP contribution in [0.15, 0.2) is 12.1 Å². The van der Waals surface area contributed by atoms with Crippen LogP contribution in [0.2, 0.25) is 0 Å². The summed E-state index contributed by atoms with van der Waals surface area (Å²) in [4.78, 5) is 0. The Balaban J connectivity index is 3.63. The first-order valence-corrected chi connectivity index (χ1v) is 4.37. The summed E-state index contributed by atoms with van der Waals surface area (Å²) in [7, 11) is 0.846. The average Bonchev–Trinajstić information content (AvgIpc) is 2.24. The van der Waals surface area contributed by atoms with Gasteiger partial charge in [0.2, 0.25) is 0 Å². The van der Waals surface area contributed by atoms with E-state index in [4.69, 9.17) is 5.26 Å². The molecule has 1 rings (SSSR count). The standard InChI is InChI=1S/C10H5F6NO/c1-18-8-5(4-17)2-6(9(11,12)13)3-7(8)10(14,15)16/h2-3H,1H3. The molecule has 0 amide bonds. The largest absolute Gasteiger partial charge is 0.495 e. The minimum Gasteiger partial charge on any atom is -0.495 e. The molecule has 8 heteroatoms. The molecule has 0 unspecified atom stereocenters. The van der Waals surface area contributed by atoms with Crippen LogP contribution in [0, 0.1) is 11.3 Å². The van der Waals surface area contributed by atoms with Gasteiger partial charge in [-0.05, 0) is 12.1 Å². The van der Waals surface area contributed by atoms with E-state index in [1.807, 2.05) is 0 Å². The second-order valence-electron chi connectivity index (χ2n) is 3.21. The van der Waals surface area contributed by atoms with Crippen molar-refractivity contribution >= 4 is 0 Å². The van der Waals surface area contributed by atoms with Gasteiger partial charge in [-0.1, -0.05) is 0 Å². The van der Waals surface area contributed by atoms with Gasteiger partial charge in [-0.25, -0.2) is 0 Å². The van der Waals surface area contributed by atoms with Gasteiger partial charge >= 0.3 is 12.4 Å². The number of hydrogen-bond acceptors (Lipinski definition) is 2. The monoisotopic (exact) mass is 269 g/mol. The number of nitrogens with zero attached hydrogens (tertiary/aromatic N) is 1. The molecule has 0 atom stereocenters. The Labute approximate surface area is 97.4 Å². The van der Waals surface area contributed by atoms with Crippen LogP contribution in [0.25, 0.3) is 0 Å². The molecule has 0 radical (unpaired) electrons. The van der Waals surface area contributed by atoms with Gasteiger partial charge in [0.15, 0.2) is 0 Å². The first kappa shape index (κ1) is 14.2.